The molecule has 3 rings (SSSR count). The molecule has 0 bridgehead atoms. The summed E-state index contributed by atoms with van der Waals surface area (Å²) in [4.78, 5) is 0.379. The summed E-state index contributed by atoms with van der Waals surface area (Å²) in [5.41, 5.74) is 1.01. The minimum Gasteiger partial charge on any atom is -0.352 e. The zero-order valence-electron chi connectivity index (χ0n) is 11.6. The molecule has 1 saturated heterocycles. The van der Waals surface area contributed by atoms with Crippen LogP contribution in [-0.4, -0.2) is 36.6 Å². The lowest BCUT2D eigenvalue weighted by atomic mass is 10.3. The van der Waals surface area contributed by atoms with Crippen LogP contribution in [0.25, 0.3) is 0 Å². The third-order valence-corrected chi connectivity index (χ3v) is 6.44. The van der Waals surface area contributed by atoms with Crippen molar-refractivity contribution in [3.8, 4) is 0 Å². The lowest BCUT2D eigenvalue weighted by molar-refractivity contribution is 0.563. The lowest BCUT2D eigenvalue weighted by Gasteiger charge is -2.10. The molecule has 1 saturated carbocycles. The second-order valence-corrected chi connectivity index (χ2v) is 8.48. The van der Waals surface area contributed by atoms with Gasteiger partial charge in [0.15, 0.2) is 0 Å². The Bertz CT molecular complexity index is 572. The van der Waals surface area contributed by atoms with Gasteiger partial charge in [-0.15, -0.1) is 0 Å². The number of thioether (sulfide) groups is 1. The van der Waals surface area contributed by atoms with E-state index in [2.05, 4.69) is 10.0 Å². The molecule has 2 fully saturated rings. The van der Waals surface area contributed by atoms with Gasteiger partial charge in [-0.25, -0.2) is 13.1 Å². The summed E-state index contributed by atoms with van der Waals surface area (Å²) < 4.78 is 29.4. The van der Waals surface area contributed by atoms with Gasteiger partial charge in [0.25, 0.3) is 0 Å². The fourth-order valence-electron chi connectivity index (χ4n) is 2.35. The van der Waals surface area contributed by atoms with E-state index in [0.717, 1.165) is 30.2 Å². The van der Waals surface area contributed by atoms with Gasteiger partial charge in [0, 0.05) is 43.3 Å². The van der Waals surface area contributed by atoms with Crippen LogP contribution < -0.4 is 10.0 Å². The molecule has 1 aliphatic heterocycles. The van der Waals surface area contributed by atoms with E-state index in [1.165, 1.54) is 12.8 Å². The summed E-state index contributed by atoms with van der Waals surface area (Å²) in [6, 6.07) is 2.48. The van der Waals surface area contributed by atoms with Gasteiger partial charge in [-0.1, -0.05) is 0 Å². The number of rotatable bonds is 6. The lowest BCUT2D eigenvalue weighted by Crippen LogP contribution is -2.34. The maximum atomic E-state index is 12.4. The van der Waals surface area contributed by atoms with E-state index in [1.807, 2.05) is 11.6 Å². The average molecular weight is 315 g/mol. The van der Waals surface area contributed by atoms with Crippen LogP contribution in [0.1, 0.15) is 25.0 Å². The molecule has 5 nitrogen and oxygen atoms in total. The summed E-state index contributed by atoms with van der Waals surface area (Å²) >= 11 is 1.80. The Kier molecular flexibility index (Phi) is 4.12. The van der Waals surface area contributed by atoms with Crippen LogP contribution in [0.3, 0.4) is 0 Å². The van der Waals surface area contributed by atoms with Gasteiger partial charge in [-0.2, -0.15) is 11.8 Å². The Labute approximate surface area is 124 Å². The quantitative estimate of drug-likeness (QED) is 0.824. The van der Waals surface area contributed by atoms with E-state index in [1.54, 1.807) is 24.0 Å². The first-order valence-corrected chi connectivity index (χ1v) is 9.67. The average Bonchev–Trinajstić information content (AvgIpc) is 2.94. The minimum absolute atomic E-state index is 0.0817. The highest BCUT2D eigenvalue weighted by molar-refractivity contribution is 7.99. The predicted molar refractivity (Wildman–Crippen MR) is 81.3 cm³/mol. The Hall–Kier alpha value is -0.500. The Morgan fingerprint density at radius 1 is 1.35 bits per heavy atom. The zero-order valence-corrected chi connectivity index (χ0v) is 13.3. The second-order valence-electron chi connectivity index (χ2n) is 5.62. The molecule has 1 aliphatic carbocycles. The van der Waals surface area contributed by atoms with Crippen molar-refractivity contribution < 1.29 is 8.42 Å². The highest BCUT2D eigenvalue weighted by Crippen LogP contribution is 2.22. The van der Waals surface area contributed by atoms with Gasteiger partial charge in [0.1, 0.15) is 0 Å². The highest BCUT2D eigenvalue weighted by Gasteiger charge is 2.25. The van der Waals surface area contributed by atoms with Crippen molar-refractivity contribution in [3.63, 3.8) is 0 Å². The standard InChI is InChI=1S/C13H21N3O2S2/c1-16-8-13(6-12(16)7-14-10-2-3-10)20(17,18)15-11-4-5-19-9-11/h6,8,10-11,14-15H,2-5,7,9H2,1H3. The van der Waals surface area contributed by atoms with Crippen LogP contribution in [0, 0.1) is 0 Å². The first-order chi connectivity index (χ1) is 9.54. The largest absolute Gasteiger partial charge is 0.352 e. The summed E-state index contributed by atoms with van der Waals surface area (Å²) in [7, 11) is -1.48. The number of hydrogen-bond acceptors (Lipinski definition) is 4. The van der Waals surface area contributed by atoms with Gasteiger partial charge in [0.2, 0.25) is 10.0 Å². The molecule has 2 aliphatic rings. The molecular weight excluding hydrogens is 294 g/mol. The molecule has 20 heavy (non-hydrogen) atoms. The zero-order chi connectivity index (χ0) is 14.2. The molecule has 0 aromatic carbocycles. The van der Waals surface area contributed by atoms with E-state index < -0.39 is 10.0 Å². The third-order valence-electron chi connectivity index (χ3n) is 3.79. The van der Waals surface area contributed by atoms with E-state index in [9.17, 15) is 8.42 Å². The smallest absolute Gasteiger partial charge is 0.242 e. The SMILES string of the molecule is Cn1cc(S(=O)(=O)NC2CCSC2)cc1CNC1CC1. The van der Waals surface area contributed by atoms with Crippen molar-refractivity contribution in [1.29, 1.82) is 0 Å². The number of sulfonamides is 1. The molecule has 7 heteroatoms. The fourth-order valence-corrected chi connectivity index (χ4v) is 4.97. The summed E-state index contributed by atoms with van der Waals surface area (Å²) in [6.07, 6.45) is 5.09. The Balaban J connectivity index is 1.69. The van der Waals surface area contributed by atoms with Crippen molar-refractivity contribution in [1.82, 2.24) is 14.6 Å². The van der Waals surface area contributed by atoms with Crippen molar-refractivity contribution >= 4 is 21.8 Å². The summed E-state index contributed by atoms with van der Waals surface area (Å²) in [5, 5.41) is 3.41. The molecule has 2 N–H and O–H groups in total. The normalized spacial score (nSPS) is 23.4. The van der Waals surface area contributed by atoms with E-state index >= 15 is 0 Å². The number of hydrogen-bond donors (Lipinski definition) is 2. The molecular formula is C13H21N3O2S2. The van der Waals surface area contributed by atoms with Crippen molar-refractivity contribution in [2.75, 3.05) is 11.5 Å². The molecule has 1 aromatic heterocycles. The van der Waals surface area contributed by atoms with Crippen LogP contribution in [-0.2, 0) is 23.6 Å². The Morgan fingerprint density at radius 2 is 2.15 bits per heavy atom. The third kappa shape index (κ3) is 3.39. The number of aromatic nitrogens is 1. The number of nitrogens with one attached hydrogen (secondary N) is 2. The first-order valence-electron chi connectivity index (χ1n) is 7.03. The minimum atomic E-state index is -3.38. The molecule has 0 amide bonds. The van der Waals surface area contributed by atoms with Crippen molar-refractivity contribution in [3.05, 3.63) is 18.0 Å². The molecule has 1 atom stereocenters. The molecule has 2 heterocycles. The van der Waals surface area contributed by atoms with Gasteiger partial charge in [-0.05, 0) is 31.1 Å². The fraction of sp³-hybridized carbons (Fsp3) is 0.692. The maximum absolute atomic E-state index is 12.4. The number of nitrogens with zero attached hydrogens (tertiary/aromatic N) is 1. The second kappa shape index (κ2) is 5.71. The molecule has 0 spiro atoms. The van der Waals surface area contributed by atoms with Gasteiger partial charge in [0.05, 0.1) is 4.90 Å². The first kappa shape index (κ1) is 14.4. The van der Waals surface area contributed by atoms with Gasteiger partial charge < -0.3 is 9.88 Å². The van der Waals surface area contributed by atoms with Crippen molar-refractivity contribution in [2.45, 2.75) is 42.8 Å². The van der Waals surface area contributed by atoms with E-state index in [0.29, 0.717) is 10.9 Å². The monoisotopic (exact) mass is 315 g/mol. The van der Waals surface area contributed by atoms with E-state index in [4.69, 9.17) is 0 Å². The number of aryl methyl sites for hydroxylation is 1. The van der Waals surface area contributed by atoms with Crippen LogP contribution in [0.4, 0.5) is 0 Å². The predicted octanol–water partition coefficient (Wildman–Crippen LogP) is 1.06. The summed E-state index contributed by atoms with van der Waals surface area (Å²) in [5.74, 6) is 1.92. The van der Waals surface area contributed by atoms with E-state index in [-0.39, 0.29) is 6.04 Å². The van der Waals surface area contributed by atoms with Crippen LogP contribution in [0.15, 0.2) is 17.2 Å². The summed E-state index contributed by atoms with van der Waals surface area (Å²) in [6.45, 7) is 0.732. The van der Waals surface area contributed by atoms with Crippen LogP contribution in [0.2, 0.25) is 0 Å². The van der Waals surface area contributed by atoms with Crippen LogP contribution >= 0.6 is 11.8 Å². The van der Waals surface area contributed by atoms with Gasteiger partial charge in [-0.3, -0.25) is 0 Å². The molecule has 1 aromatic rings. The molecule has 1 unspecified atom stereocenters. The molecule has 0 radical (unpaired) electrons. The van der Waals surface area contributed by atoms with Gasteiger partial charge >= 0.3 is 0 Å². The van der Waals surface area contributed by atoms with Crippen molar-refractivity contribution in [2.24, 2.45) is 7.05 Å². The molecule has 112 valence electrons. The van der Waals surface area contributed by atoms with Crippen LogP contribution in [0.5, 0.6) is 0 Å². The maximum Gasteiger partial charge on any atom is 0.242 e. The topological polar surface area (TPSA) is 63.1 Å². The Morgan fingerprint density at radius 3 is 2.80 bits per heavy atom. The highest BCUT2D eigenvalue weighted by atomic mass is 32.2.